The second-order valence-electron chi connectivity index (χ2n) is 4.46. The number of thioether (sulfide) groups is 2. The second-order valence-corrected chi connectivity index (χ2v) is 7.04. The first kappa shape index (κ1) is 18.7. The number of carbonyl (C=O) groups excluding carboxylic acids is 1. The van der Waals surface area contributed by atoms with Crippen LogP contribution in [0.15, 0.2) is 10.4 Å². The molecule has 1 fully saturated rings. The van der Waals surface area contributed by atoms with Gasteiger partial charge in [-0.1, -0.05) is 25.6 Å². The summed E-state index contributed by atoms with van der Waals surface area (Å²) in [6.07, 6.45) is 3.97. The van der Waals surface area contributed by atoms with Gasteiger partial charge in [0.1, 0.15) is 11.5 Å². The molecule has 0 aromatic heterocycles. The smallest absolute Gasteiger partial charge is 0.323 e. The second kappa shape index (κ2) is 10.4. The number of rotatable bonds is 6. The highest BCUT2D eigenvalue weighted by molar-refractivity contribution is 8.22. The summed E-state index contributed by atoms with van der Waals surface area (Å²) in [6, 6.07) is -0.0360. The van der Waals surface area contributed by atoms with Crippen LogP contribution in [-0.2, 0) is 9.53 Å². The SMILES string of the molecule is CC.CCOC(=O)C1CCCN1CCSC1=CNC(N)S1. The van der Waals surface area contributed by atoms with Crippen molar-refractivity contribution in [2.45, 2.75) is 45.2 Å². The molecule has 7 heteroatoms. The van der Waals surface area contributed by atoms with Crippen molar-refractivity contribution in [1.82, 2.24) is 10.2 Å². The Bertz CT molecular complexity index is 353. The van der Waals surface area contributed by atoms with Crippen molar-refractivity contribution in [2.24, 2.45) is 5.73 Å². The van der Waals surface area contributed by atoms with Crippen molar-refractivity contribution in [2.75, 3.05) is 25.4 Å². The molecule has 2 aliphatic heterocycles. The Hall–Kier alpha value is -0.370. The van der Waals surface area contributed by atoms with E-state index >= 15 is 0 Å². The Labute approximate surface area is 136 Å². The van der Waals surface area contributed by atoms with E-state index < -0.39 is 0 Å². The largest absolute Gasteiger partial charge is 0.465 e. The summed E-state index contributed by atoms with van der Waals surface area (Å²) in [5.41, 5.74) is 5.72. The van der Waals surface area contributed by atoms with Crippen LogP contribution in [0.1, 0.15) is 33.6 Å². The minimum Gasteiger partial charge on any atom is -0.465 e. The minimum atomic E-state index is -0.0665. The Morgan fingerprint density at radius 1 is 1.62 bits per heavy atom. The van der Waals surface area contributed by atoms with E-state index in [-0.39, 0.29) is 17.5 Å². The Morgan fingerprint density at radius 2 is 2.38 bits per heavy atom. The normalized spacial score (nSPS) is 24.9. The summed E-state index contributed by atoms with van der Waals surface area (Å²) in [7, 11) is 0. The maximum absolute atomic E-state index is 11.8. The Morgan fingerprint density at radius 3 is 3.00 bits per heavy atom. The first-order valence-corrected chi connectivity index (χ1v) is 9.49. The molecule has 2 aliphatic rings. The summed E-state index contributed by atoms with van der Waals surface area (Å²) in [4.78, 5) is 14.0. The lowest BCUT2D eigenvalue weighted by atomic mass is 10.2. The average Bonchev–Trinajstić information content (AvgIpc) is 3.11. The highest BCUT2D eigenvalue weighted by atomic mass is 32.2. The third kappa shape index (κ3) is 6.10. The molecule has 0 aromatic rings. The van der Waals surface area contributed by atoms with Crippen LogP contribution in [0.25, 0.3) is 0 Å². The molecule has 0 saturated carbocycles. The number of carbonyl (C=O) groups is 1. The zero-order valence-electron chi connectivity index (χ0n) is 13.1. The lowest BCUT2D eigenvalue weighted by molar-refractivity contribution is -0.148. The molecule has 2 heterocycles. The van der Waals surface area contributed by atoms with Gasteiger partial charge in [0.2, 0.25) is 0 Å². The molecule has 21 heavy (non-hydrogen) atoms. The molecule has 5 nitrogen and oxygen atoms in total. The topological polar surface area (TPSA) is 67.6 Å². The van der Waals surface area contributed by atoms with Gasteiger partial charge in [-0.05, 0) is 26.3 Å². The maximum atomic E-state index is 11.8. The van der Waals surface area contributed by atoms with Crippen molar-refractivity contribution in [3.63, 3.8) is 0 Å². The maximum Gasteiger partial charge on any atom is 0.323 e. The van der Waals surface area contributed by atoms with Gasteiger partial charge in [0.15, 0.2) is 0 Å². The molecule has 0 bridgehead atoms. The quantitative estimate of drug-likeness (QED) is 0.722. The van der Waals surface area contributed by atoms with Crippen molar-refractivity contribution in [3.8, 4) is 0 Å². The number of hydrogen-bond acceptors (Lipinski definition) is 7. The van der Waals surface area contributed by atoms with Gasteiger partial charge in [-0.3, -0.25) is 9.69 Å². The fraction of sp³-hybridized carbons (Fsp3) is 0.786. The van der Waals surface area contributed by atoms with Crippen LogP contribution in [0.3, 0.4) is 0 Å². The zero-order chi connectivity index (χ0) is 15.7. The molecule has 0 aliphatic carbocycles. The van der Waals surface area contributed by atoms with Gasteiger partial charge in [0.25, 0.3) is 0 Å². The number of nitrogens with one attached hydrogen (secondary N) is 1. The highest BCUT2D eigenvalue weighted by Crippen LogP contribution is 2.33. The van der Waals surface area contributed by atoms with E-state index in [2.05, 4.69) is 10.2 Å². The number of hydrogen-bond donors (Lipinski definition) is 2. The molecule has 2 unspecified atom stereocenters. The lowest BCUT2D eigenvalue weighted by Gasteiger charge is -2.22. The number of ether oxygens (including phenoxy) is 1. The van der Waals surface area contributed by atoms with Crippen molar-refractivity contribution in [1.29, 1.82) is 0 Å². The third-order valence-corrected chi connectivity index (χ3v) is 5.33. The summed E-state index contributed by atoms with van der Waals surface area (Å²) in [5.74, 6) is 0.909. The van der Waals surface area contributed by atoms with E-state index in [0.29, 0.717) is 6.61 Å². The lowest BCUT2D eigenvalue weighted by Crippen LogP contribution is -2.38. The van der Waals surface area contributed by atoms with Crippen LogP contribution in [-0.4, -0.2) is 47.9 Å². The average molecular weight is 334 g/mol. The fourth-order valence-electron chi connectivity index (χ4n) is 2.28. The molecule has 0 spiro atoms. The molecule has 1 saturated heterocycles. The van der Waals surface area contributed by atoms with Crippen LogP contribution in [0.2, 0.25) is 0 Å². The third-order valence-electron chi connectivity index (χ3n) is 3.15. The van der Waals surface area contributed by atoms with Gasteiger partial charge >= 0.3 is 5.97 Å². The van der Waals surface area contributed by atoms with Crippen molar-refractivity contribution in [3.05, 3.63) is 10.4 Å². The van der Waals surface area contributed by atoms with Gasteiger partial charge in [-0.25, -0.2) is 0 Å². The molecule has 122 valence electrons. The van der Waals surface area contributed by atoms with Gasteiger partial charge in [-0.15, -0.1) is 11.8 Å². The van der Waals surface area contributed by atoms with E-state index in [9.17, 15) is 4.79 Å². The standard InChI is InChI=1S/C12H21N3O2S2.C2H6/c1-2-17-11(16)9-4-3-5-15(9)6-7-18-10-8-14-12(13)19-10;1-2/h8-9,12,14H,2-7,13H2,1H3;1-2H3. The first-order chi connectivity index (χ1) is 10.2. The van der Waals surface area contributed by atoms with Crippen molar-refractivity contribution < 1.29 is 9.53 Å². The predicted molar refractivity (Wildman–Crippen MR) is 91.8 cm³/mol. The number of nitrogens with two attached hydrogens (primary N) is 1. The fourth-order valence-corrected chi connectivity index (χ4v) is 4.32. The van der Waals surface area contributed by atoms with Gasteiger partial charge in [0, 0.05) is 18.5 Å². The van der Waals surface area contributed by atoms with E-state index in [1.807, 2.05) is 27.0 Å². The summed E-state index contributed by atoms with van der Waals surface area (Å²) in [6.45, 7) is 8.23. The Kier molecular flexibility index (Phi) is 9.23. The number of likely N-dealkylation sites (tertiary alicyclic amines) is 1. The van der Waals surface area contributed by atoms with E-state index in [4.69, 9.17) is 10.5 Å². The molecular weight excluding hydrogens is 306 g/mol. The molecule has 0 amide bonds. The van der Waals surface area contributed by atoms with Gasteiger partial charge in [-0.2, -0.15) is 0 Å². The first-order valence-electron chi connectivity index (χ1n) is 7.62. The van der Waals surface area contributed by atoms with Crippen LogP contribution >= 0.6 is 23.5 Å². The molecule has 0 aromatic carbocycles. The predicted octanol–water partition coefficient (Wildman–Crippen LogP) is 2.15. The van der Waals surface area contributed by atoms with E-state index in [0.717, 1.165) is 31.7 Å². The number of esters is 1. The van der Waals surface area contributed by atoms with Crippen LogP contribution in [0.5, 0.6) is 0 Å². The van der Waals surface area contributed by atoms with Crippen molar-refractivity contribution >= 4 is 29.5 Å². The van der Waals surface area contributed by atoms with E-state index in [1.165, 1.54) is 4.24 Å². The van der Waals surface area contributed by atoms with Crippen LogP contribution in [0.4, 0.5) is 0 Å². The molecule has 0 radical (unpaired) electrons. The molecule has 2 atom stereocenters. The van der Waals surface area contributed by atoms with Crippen LogP contribution in [0, 0.1) is 0 Å². The summed E-state index contributed by atoms with van der Waals surface area (Å²) >= 11 is 3.43. The zero-order valence-corrected chi connectivity index (χ0v) is 14.8. The van der Waals surface area contributed by atoms with E-state index in [1.54, 1.807) is 23.5 Å². The molecule has 2 rings (SSSR count). The van der Waals surface area contributed by atoms with Gasteiger partial charge in [0.05, 0.1) is 10.8 Å². The number of nitrogens with zero attached hydrogens (tertiary/aromatic N) is 1. The van der Waals surface area contributed by atoms with Gasteiger partial charge < -0.3 is 15.8 Å². The molecular formula is C14H27N3O2S2. The van der Waals surface area contributed by atoms with Crippen LogP contribution < -0.4 is 11.1 Å². The summed E-state index contributed by atoms with van der Waals surface area (Å²) < 4.78 is 6.34. The highest BCUT2D eigenvalue weighted by Gasteiger charge is 2.31. The summed E-state index contributed by atoms with van der Waals surface area (Å²) in [5, 5.41) is 3.06. The monoisotopic (exact) mass is 333 g/mol. The minimum absolute atomic E-state index is 0.0124. The Balaban J connectivity index is 0.00000106. The molecule has 3 N–H and O–H groups in total.